The molecule has 276 valence electrons. The number of hydrogen-bond acceptors (Lipinski definition) is 11. The Balaban J connectivity index is 1.12. The molecule has 14 nitrogen and oxygen atoms in total. The van der Waals surface area contributed by atoms with Gasteiger partial charge in [-0.05, 0) is 48.7 Å². The summed E-state index contributed by atoms with van der Waals surface area (Å²) in [6.45, 7) is 1.13. The van der Waals surface area contributed by atoms with Crippen LogP contribution in [-0.2, 0) is 31.0 Å². The van der Waals surface area contributed by atoms with Gasteiger partial charge in [0.2, 0.25) is 5.91 Å². The molecule has 1 aromatic heterocycles. The first-order valence-corrected chi connectivity index (χ1v) is 18.5. The van der Waals surface area contributed by atoms with Gasteiger partial charge < -0.3 is 25.4 Å². The lowest BCUT2D eigenvalue weighted by atomic mass is 10.1. The molecule has 5 N–H and O–H groups in total. The molecule has 3 rings (SSSR count). The van der Waals surface area contributed by atoms with Crippen molar-refractivity contribution in [2.75, 3.05) is 37.5 Å². The number of rotatable bonds is 23. The molecule has 0 aliphatic carbocycles. The van der Waals surface area contributed by atoms with Crippen LogP contribution in [-0.4, -0.2) is 68.9 Å². The van der Waals surface area contributed by atoms with Crippen LogP contribution in [0.1, 0.15) is 85.7 Å². The molecule has 0 aliphatic heterocycles. The molecule has 2 amide bonds. The largest absolute Gasteiger partial charge is 0.508 e. The minimum Gasteiger partial charge on any atom is -0.434 e. The van der Waals surface area contributed by atoms with Crippen LogP contribution in [0.2, 0.25) is 0 Å². The maximum Gasteiger partial charge on any atom is 0.508 e. The zero-order valence-electron chi connectivity index (χ0n) is 28.9. The predicted molar refractivity (Wildman–Crippen MR) is 195 cm³/mol. The van der Waals surface area contributed by atoms with Gasteiger partial charge in [-0.25, -0.2) is 9.78 Å². The second-order valence-electron chi connectivity index (χ2n) is 11.7. The van der Waals surface area contributed by atoms with Crippen molar-refractivity contribution < 1.29 is 36.8 Å². The standard InChI is InChI=1S/C36H48N6O8S/c1-37-31-19-16-28(17-20-31)27-50-36(45)49-24-12-8-6-4-2-3-5-7-9-15-34(43)38-22-23-39-35(44)30-18-21-33(40-25-30)42-41-26-29-13-10-11-14-32(29)51(46,47)48/h10-11,13-14,16-21,25-26,37H,2-9,12,15,22-24,27H2,1H3,(H,38,43)(H,39,44)(H,40,42)(H,46,47,48)/b41-26+. The first-order valence-electron chi connectivity index (χ1n) is 17.1. The van der Waals surface area contributed by atoms with E-state index in [4.69, 9.17) is 9.47 Å². The second kappa shape index (κ2) is 22.6. The third-order valence-electron chi connectivity index (χ3n) is 7.71. The van der Waals surface area contributed by atoms with Crippen LogP contribution >= 0.6 is 0 Å². The summed E-state index contributed by atoms with van der Waals surface area (Å²) in [5, 5.41) is 12.5. The van der Waals surface area contributed by atoms with Crippen molar-refractivity contribution in [1.82, 2.24) is 15.6 Å². The van der Waals surface area contributed by atoms with E-state index in [1.165, 1.54) is 36.7 Å². The molecular formula is C36H48N6O8S. The van der Waals surface area contributed by atoms with Gasteiger partial charge in [-0.2, -0.15) is 13.5 Å². The average molecular weight is 725 g/mol. The van der Waals surface area contributed by atoms with Gasteiger partial charge >= 0.3 is 6.16 Å². The summed E-state index contributed by atoms with van der Waals surface area (Å²) in [5.41, 5.74) is 5.06. The van der Waals surface area contributed by atoms with E-state index in [0.717, 1.165) is 69.0 Å². The Morgan fingerprint density at radius 1 is 0.824 bits per heavy atom. The summed E-state index contributed by atoms with van der Waals surface area (Å²) in [7, 11) is -2.55. The third-order valence-corrected chi connectivity index (χ3v) is 8.63. The average Bonchev–Trinajstić information content (AvgIpc) is 3.13. The molecule has 15 heteroatoms. The number of nitrogens with zero attached hydrogens (tertiary/aromatic N) is 2. The van der Waals surface area contributed by atoms with Gasteiger partial charge in [0.25, 0.3) is 16.0 Å². The maximum absolute atomic E-state index is 12.4. The molecule has 0 aliphatic rings. The lowest BCUT2D eigenvalue weighted by Gasteiger charge is -2.08. The molecule has 0 bridgehead atoms. The lowest BCUT2D eigenvalue weighted by Crippen LogP contribution is -2.34. The first kappa shape index (κ1) is 40.4. The number of anilines is 2. The Bertz CT molecular complexity index is 1650. The second-order valence-corrected chi connectivity index (χ2v) is 13.1. The fraction of sp³-hybridized carbons (Fsp3) is 0.417. The van der Waals surface area contributed by atoms with E-state index in [1.807, 2.05) is 31.3 Å². The number of nitrogens with one attached hydrogen (secondary N) is 4. The molecule has 0 unspecified atom stereocenters. The first-order chi connectivity index (χ1) is 24.7. The van der Waals surface area contributed by atoms with Gasteiger partial charge in [0.1, 0.15) is 17.3 Å². The van der Waals surface area contributed by atoms with E-state index < -0.39 is 16.3 Å². The van der Waals surface area contributed by atoms with Crippen molar-refractivity contribution in [1.29, 1.82) is 0 Å². The molecule has 0 fully saturated rings. The van der Waals surface area contributed by atoms with E-state index in [-0.39, 0.29) is 35.4 Å². The van der Waals surface area contributed by atoms with E-state index in [1.54, 1.807) is 12.1 Å². The van der Waals surface area contributed by atoms with Crippen molar-refractivity contribution in [3.8, 4) is 0 Å². The normalized spacial score (nSPS) is 11.2. The fourth-order valence-electron chi connectivity index (χ4n) is 4.88. The van der Waals surface area contributed by atoms with Gasteiger partial charge in [-0.3, -0.25) is 19.6 Å². The Morgan fingerprint density at radius 2 is 1.49 bits per heavy atom. The smallest absolute Gasteiger partial charge is 0.434 e. The van der Waals surface area contributed by atoms with Crippen LogP contribution in [0.3, 0.4) is 0 Å². The summed E-state index contributed by atoms with van der Waals surface area (Å²) in [5.74, 6) is -0.0674. The topological polar surface area (TPSA) is 197 Å². The number of unbranched alkanes of at least 4 members (excludes halogenated alkanes) is 8. The summed E-state index contributed by atoms with van der Waals surface area (Å²) in [4.78, 5) is 40.1. The Kier molecular flexibility index (Phi) is 17.9. The van der Waals surface area contributed by atoms with Crippen molar-refractivity contribution >= 4 is 45.8 Å². The van der Waals surface area contributed by atoms with Crippen molar-refractivity contribution in [3.05, 3.63) is 83.6 Å². The lowest BCUT2D eigenvalue weighted by molar-refractivity contribution is -0.121. The molecule has 0 saturated heterocycles. The van der Waals surface area contributed by atoms with Crippen molar-refractivity contribution in [2.24, 2.45) is 5.10 Å². The highest BCUT2D eigenvalue weighted by Crippen LogP contribution is 2.14. The minimum atomic E-state index is -4.39. The monoisotopic (exact) mass is 724 g/mol. The van der Waals surface area contributed by atoms with Crippen molar-refractivity contribution in [3.63, 3.8) is 0 Å². The quantitative estimate of drug-likeness (QED) is 0.0256. The van der Waals surface area contributed by atoms with Gasteiger partial charge in [0, 0.05) is 44.0 Å². The van der Waals surface area contributed by atoms with Gasteiger partial charge in [-0.15, -0.1) is 0 Å². The van der Waals surface area contributed by atoms with Crippen LogP contribution in [0.15, 0.2) is 76.9 Å². The molecule has 1 heterocycles. The number of hydrogen-bond donors (Lipinski definition) is 5. The Labute approximate surface area is 299 Å². The number of pyridine rings is 1. The van der Waals surface area contributed by atoms with E-state index in [0.29, 0.717) is 31.0 Å². The number of aromatic nitrogens is 1. The third kappa shape index (κ3) is 16.5. The highest BCUT2D eigenvalue weighted by molar-refractivity contribution is 7.86. The number of hydrazone groups is 1. The molecule has 0 saturated carbocycles. The minimum absolute atomic E-state index is 0.0459. The molecular weight excluding hydrogens is 676 g/mol. The summed E-state index contributed by atoms with van der Waals surface area (Å²) >= 11 is 0. The molecule has 0 radical (unpaired) electrons. The van der Waals surface area contributed by atoms with E-state index in [2.05, 4.69) is 31.5 Å². The van der Waals surface area contributed by atoms with Crippen LogP contribution in [0.25, 0.3) is 0 Å². The van der Waals surface area contributed by atoms with Crippen LogP contribution in [0.5, 0.6) is 0 Å². The number of ether oxygens (including phenoxy) is 2. The molecule has 3 aromatic rings. The highest BCUT2D eigenvalue weighted by Gasteiger charge is 2.13. The van der Waals surface area contributed by atoms with Gasteiger partial charge in [0.05, 0.1) is 18.4 Å². The number of carbonyl (C=O) groups is 3. The zero-order valence-corrected chi connectivity index (χ0v) is 29.8. The van der Waals surface area contributed by atoms with Crippen LogP contribution in [0, 0.1) is 0 Å². The number of benzene rings is 2. The Morgan fingerprint density at radius 3 is 2.16 bits per heavy atom. The zero-order chi connectivity index (χ0) is 36.7. The summed E-state index contributed by atoms with van der Waals surface area (Å²) in [6, 6.07) is 16.6. The number of amides is 2. The van der Waals surface area contributed by atoms with Crippen molar-refractivity contribution in [2.45, 2.75) is 75.7 Å². The van der Waals surface area contributed by atoms with Crippen LogP contribution in [0.4, 0.5) is 16.3 Å². The summed E-state index contributed by atoms with van der Waals surface area (Å²) in [6.07, 6.45) is 11.6. The molecule has 0 spiro atoms. The molecule has 2 aromatic carbocycles. The number of carbonyl (C=O) groups excluding carboxylic acids is 3. The molecule has 51 heavy (non-hydrogen) atoms. The Hall–Kier alpha value is -5.02. The molecule has 0 atom stereocenters. The van der Waals surface area contributed by atoms with E-state index >= 15 is 0 Å². The van der Waals surface area contributed by atoms with Gasteiger partial charge in [-0.1, -0.05) is 75.3 Å². The van der Waals surface area contributed by atoms with E-state index in [9.17, 15) is 27.4 Å². The highest BCUT2D eigenvalue weighted by atomic mass is 32.2. The fourth-order valence-corrected chi connectivity index (χ4v) is 5.55. The maximum atomic E-state index is 12.4. The van der Waals surface area contributed by atoms with Gasteiger partial charge in [0.15, 0.2) is 0 Å². The SMILES string of the molecule is CNc1ccc(COC(=O)OCCCCCCCCCCCC(=O)NCCNC(=O)c2ccc(N/N=C/c3ccccc3S(=O)(=O)O)nc2)cc1. The van der Waals surface area contributed by atoms with Crippen LogP contribution < -0.4 is 21.4 Å². The predicted octanol–water partition coefficient (Wildman–Crippen LogP) is 5.92. The summed E-state index contributed by atoms with van der Waals surface area (Å²) < 4.78 is 42.6.